The van der Waals surface area contributed by atoms with Crippen LogP contribution in [0.2, 0.25) is 5.02 Å². The van der Waals surface area contributed by atoms with Gasteiger partial charge in [0.25, 0.3) is 0 Å². The molecule has 1 aromatic carbocycles. The monoisotopic (exact) mass is 366 g/mol. The fourth-order valence-electron chi connectivity index (χ4n) is 3.06. The molecule has 2 heterocycles. The van der Waals surface area contributed by atoms with Crippen molar-refractivity contribution in [3.05, 3.63) is 40.7 Å². The van der Waals surface area contributed by atoms with Crippen molar-refractivity contribution in [1.29, 1.82) is 0 Å². The minimum atomic E-state index is -3.53. The van der Waals surface area contributed by atoms with Crippen LogP contribution in [0.5, 0.6) is 0 Å². The molecular weight excluding hydrogens is 348 g/mol. The van der Waals surface area contributed by atoms with Crippen LogP contribution in [0.1, 0.15) is 42.5 Å². The van der Waals surface area contributed by atoms with Gasteiger partial charge in [-0.25, -0.2) is 13.1 Å². The van der Waals surface area contributed by atoms with Crippen molar-refractivity contribution >= 4 is 21.6 Å². The molecule has 0 bridgehead atoms. The minimum Gasteiger partial charge on any atom is -0.248 e. The largest absolute Gasteiger partial charge is 0.248 e. The zero-order valence-corrected chi connectivity index (χ0v) is 15.0. The number of sulfonamides is 1. The van der Waals surface area contributed by atoms with Crippen molar-refractivity contribution in [1.82, 2.24) is 19.3 Å². The molecule has 1 atom stereocenters. The number of aromatic nitrogens is 3. The SMILES string of the molecule is Cc1ccc(S(=O)(=O)N2CCC(n3cc(C4CC4)nn3)C2)cc1Cl. The average molecular weight is 367 g/mol. The summed E-state index contributed by atoms with van der Waals surface area (Å²) in [5.74, 6) is 0.551. The van der Waals surface area contributed by atoms with E-state index in [9.17, 15) is 8.42 Å². The molecule has 0 spiro atoms. The van der Waals surface area contributed by atoms with Crippen LogP contribution in [0.15, 0.2) is 29.3 Å². The fourth-order valence-corrected chi connectivity index (χ4v) is 4.83. The molecule has 1 saturated heterocycles. The predicted octanol–water partition coefficient (Wildman–Crippen LogP) is 2.75. The van der Waals surface area contributed by atoms with Crippen molar-refractivity contribution < 1.29 is 8.42 Å². The number of hydrogen-bond donors (Lipinski definition) is 0. The van der Waals surface area contributed by atoms with Crippen molar-refractivity contribution in [2.24, 2.45) is 0 Å². The molecule has 0 radical (unpaired) electrons. The van der Waals surface area contributed by atoms with Crippen LogP contribution in [0.3, 0.4) is 0 Å². The van der Waals surface area contributed by atoms with Crippen LogP contribution in [0, 0.1) is 6.92 Å². The molecule has 1 aliphatic heterocycles. The Kier molecular flexibility index (Phi) is 3.89. The molecule has 8 heteroatoms. The van der Waals surface area contributed by atoms with Gasteiger partial charge in [-0.1, -0.05) is 22.9 Å². The van der Waals surface area contributed by atoms with E-state index in [4.69, 9.17) is 11.6 Å². The fraction of sp³-hybridized carbons (Fsp3) is 0.500. The molecule has 2 aliphatic rings. The van der Waals surface area contributed by atoms with Crippen molar-refractivity contribution in [3.8, 4) is 0 Å². The molecule has 128 valence electrons. The lowest BCUT2D eigenvalue weighted by molar-refractivity contribution is 0.428. The lowest BCUT2D eigenvalue weighted by Crippen LogP contribution is -2.29. The number of hydrogen-bond acceptors (Lipinski definition) is 4. The third-order valence-corrected chi connectivity index (χ3v) is 7.07. The van der Waals surface area contributed by atoms with Crippen LogP contribution in [0.4, 0.5) is 0 Å². The normalized spacial score (nSPS) is 22.2. The Hall–Kier alpha value is -1.44. The maximum absolute atomic E-state index is 12.8. The highest BCUT2D eigenvalue weighted by Gasteiger charge is 2.35. The van der Waals surface area contributed by atoms with Gasteiger partial charge in [-0.15, -0.1) is 5.10 Å². The second-order valence-electron chi connectivity index (χ2n) is 6.61. The van der Waals surface area contributed by atoms with Gasteiger partial charge >= 0.3 is 0 Å². The number of rotatable bonds is 4. The van der Waals surface area contributed by atoms with E-state index in [-0.39, 0.29) is 10.9 Å². The highest BCUT2D eigenvalue weighted by Crippen LogP contribution is 2.39. The summed E-state index contributed by atoms with van der Waals surface area (Å²) in [4.78, 5) is 0.246. The smallest absolute Gasteiger partial charge is 0.243 e. The van der Waals surface area contributed by atoms with E-state index in [1.165, 1.54) is 23.2 Å². The van der Waals surface area contributed by atoms with E-state index < -0.39 is 10.0 Å². The third kappa shape index (κ3) is 2.85. The molecule has 24 heavy (non-hydrogen) atoms. The van der Waals surface area contributed by atoms with E-state index in [0.717, 1.165) is 17.7 Å². The highest BCUT2D eigenvalue weighted by atomic mass is 35.5. The lowest BCUT2D eigenvalue weighted by atomic mass is 10.2. The number of halogens is 1. The van der Waals surface area contributed by atoms with Gasteiger partial charge < -0.3 is 0 Å². The van der Waals surface area contributed by atoms with Crippen LogP contribution in [0.25, 0.3) is 0 Å². The molecule has 4 rings (SSSR count). The standard InChI is InChI=1S/C16H19ClN4O2S/c1-11-2-5-14(8-15(11)17)24(22,23)20-7-6-13(9-20)21-10-16(18-19-21)12-3-4-12/h2,5,8,10,12-13H,3-4,6-7,9H2,1H3. The molecule has 2 fully saturated rings. The van der Waals surface area contributed by atoms with Crippen molar-refractivity contribution in [2.75, 3.05) is 13.1 Å². The number of aryl methyl sites for hydroxylation is 1. The van der Waals surface area contributed by atoms with Crippen LogP contribution in [-0.4, -0.2) is 40.8 Å². The average Bonchev–Trinajstić information content (AvgIpc) is 3.09. The molecule has 0 N–H and O–H groups in total. The molecule has 1 aliphatic carbocycles. The Morgan fingerprint density at radius 2 is 2.04 bits per heavy atom. The van der Waals surface area contributed by atoms with E-state index in [1.54, 1.807) is 12.1 Å². The van der Waals surface area contributed by atoms with Gasteiger partial charge in [-0.05, 0) is 43.9 Å². The first kappa shape index (κ1) is 16.1. The quantitative estimate of drug-likeness (QED) is 0.834. The van der Waals surface area contributed by atoms with Gasteiger partial charge in [0.15, 0.2) is 0 Å². The summed E-state index contributed by atoms with van der Waals surface area (Å²) in [6, 6.07) is 4.92. The van der Waals surface area contributed by atoms with Crippen LogP contribution < -0.4 is 0 Å². The Morgan fingerprint density at radius 1 is 1.25 bits per heavy atom. The second-order valence-corrected chi connectivity index (χ2v) is 8.96. The molecular formula is C16H19ClN4O2S. The molecule has 1 saturated carbocycles. The summed E-state index contributed by atoms with van der Waals surface area (Å²) in [6.45, 7) is 2.76. The Labute approximate surface area is 146 Å². The molecule has 6 nitrogen and oxygen atoms in total. The first-order chi connectivity index (χ1) is 11.4. The minimum absolute atomic E-state index is 0.0423. The summed E-state index contributed by atoms with van der Waals surface area (Å²) in [5.41, 5.74) is 1.90. The summed E-state index contributed by atoms with van der Waals surface area (Å²) in [6.07, 6.45) is 5.07. The summed E-state index contributed by atoms with van der Waals surface area (Å²) in [5, 5.41) is 8.89. The first-order valence-electron chi connectivity index (χ1n) is 8.13. The third-order valence-electron chi connectivity index (χ3n) is 4.80. The van der Waals surface area contributed by atoms with E-state index in [0.29, 0.717) is 24.0 Å². The van der Waals surface area contributed by atoms with Gasteiger partial charge in [0.1, 0.15) is 0 Å². The lowest BCUT2D eigenvalue weighted by Gasteiger charge is -2.17. The van der Waals surface area contributed by atoms with Gasteiger partial charge in [0, 0.05) is 30.2 Å². The predicted molar refractivity (Wildman–Crippen MR) is 90.6 cm³/mol. The highest BCUT2D eigenvalue weighted by molar-refractivity contribution is 7.89. The Morgan fingerprint density at radius 3 is 2.75 bits per heavy atom. The first-order valence-corrected chi connectivity index (χ1v) is 9.95. The summed E-state index contributed by atoms with van der Waals surface area (Å²) in [7, 11) is -3.53. The molecule has 2 aromatic rings. The van der Waals surface area contributed by atoms with E-state index in [1.807, 2.05) is 17.8 Å². The van der Waals surface area contributed by atoms with Gasteiger partial charge in [-0.3, -0.25) is 0 Å². The molecule has 0 amide bonds. The topological polar surface area (TPSA) is 68.1 Å². The molecule has 1 unspecified atom stereocenters. The maximum atomic E-state index is 12.8. The second kappa shape index (κ2) is 5.82. The van der Waals surface area contributed by atoms with E-state index in [2.05, 4.69) is 10.3 Å². The summed E-state index contributed by atoms with van der Waals surface area (Å²) >= 11 is 6.08. The zero-order valence-electron chi connectivity index (χ0n) is 13.4. The number of nitrogens with zero attached hydrogens (tertiary/aromatic N) is 4. The van der Waals surface area contributed by atoms with Gasteiger partial charge in [0.2, 0.25) is 10.0 Å². The summed E-state index contributed by atoms with van der Waals surface area (Å²) < 4.78 is 29.0. The van der Waals surface area contributed by atoms with Crippen LogP contribution in [-0.2, 0) is 10.0 Å². The van der Waals surface area contributed by atoms with Gasteiger partial charge in [0.05, 0.1) is 16.6 Å². The number of benzene rings is 1. The Bertz CT molecular complexity index is 876. The maximum Gasteiger partial charge on any atom is 0.243 e. The van der Waals surface area contributed by atoms with E-state index >= 15 is 0 Å². The van der Waals surface area contributed by atoms with Crippen molar-refractivity contribution in [3.63, 3.8) is 0 Å². The molecule has 1 aromatic heterocycles. The van der Waals surface area contributed by atoms with Crippen molar-refractivity contribution in [2.45, 2.75) is 43.0 Å². The van der Waals surface area contributed by atoms with Crippen LogP contribution >= 0.6 is 11.6 Å². The zero-order chi connectivity index (χ0) is 16.9. The Balaban J connectivity index is 1.53. The van der Waals surface area contributed by atoms with Gasteiger partial charge in [-0.2, -0.15) is 4.31 Å².